The summed E-state index contributed by atoms with van der Waals surface area (Å²) in [4.78, 5) is 0. The molecule has 6 aliphatic carbocycles. The van der Waals surface area contributed by atoms with Crippen LogP contribution in [-0.4, -0.2) is 90.8 Å². The molecule has 9 heteroatoms. The van der Waals surface area contributed by atoms with E-state index >= 15 is 0 Å². The third kappa shape index (κ3) is 5.73. The van der Waals surface area contributed by atoms with Crippen LogP contribution >= 0.6 is 0 Å². The first kappa shape index (κ1) is 38.4. The summed E-state index contributed by atoms with van der Waals surface area (Å²) in [6.45, 7) is 17.6. The monoisotopic (exact) mass is 694 g/mol. The van der Waals surface area contributed by atoms with Crippen LogP contribution in [0.5, 0.6) is 0 Å². The quantitative estimate of drug-likeness (QED) is 0.165. The minimum atomic E-state index is -2.80. The Hall–Kier alpha value is -0.360. The smallest absolute Gasteiger partial charge is 0.221 e. The Labute approximate surface area is 295 Å². The van der Waals surface area contributed by atoms with E-state index in [1.165, 1.54) is 70.6 Å². The SMILES string of the molecule is C[C@H](CCC(O)C(O)C(O)COC1C(N)C(O)C(O)C1(O)O)[C@H]1CC[C@]2(C)[C@H]3CC[C@@H]4[C@@]5(C)CCCC(C)(C)[C@@H]5CC[C@@]4(C)[C@]3(C)CC[C@@H]12. The highest BCUT2D eigenvalue weighted by molar-refractivity contribution is 5.19. The maximum absolute atomic E-state index is 10.9. The van der Waals surface area contributed by atoms with E-state index in [1.807, 2.05) is 0 Å². The third-order valence-corrected chi connectivity index (χ3v) is 17.6. The number of fused-ring (bicyclic) bond motifs is 7. The van der Waals surface area contributed by atoms with Crippen molar-refractivity contribution in [3.8, 4) is 0 Å². The van der Waals surface area contributed by atoms with Crippen LogP contribution in [0.15, 0.2) is 0 Å². The molecule has 0 amide bonds. The van der Waals surface area contributed by atoms with Gasteiger partial charge in [0.1, 0.15) is 30.5 Å². The summed E-state index contributed by atoms with van der Waals surface area (Å²) >= 11 is 0. The van der Waals surface area contributed by atoms with Gasteiger partial charge in [0.25, 0.3) is 0 Å². The van der Waals surface area contributed by atoms with Crippen LogP contribution in [0.2, 0.25) is 0 Å². The molecule has 0 spiro atoms. The normalized spacial score (nSPS) is 51.1. The molecule has 6 saturated carbocycles. The Morgan fingerprint density at radius 1 is 0.714 bits per heavy atom. The molecule has 0 aliphatic heterocycles. The average Bonchev–Trinajstić information content (AvgIpc) is 3.45. The maximum Gasteiger partial charge on any atom is 0.221 e. The largest absolute Gasteiger partial charge is 0.390 e. The molecule has 284 valence electrons. The first-order chi connectivity index (χ1) is 22.7. The second kappa shape index (κ2) is 12.9. The molecule has 6 fully saturated rings. The van der Waals surface area contributed by atoms with Crippen molar-refractivity contribution in [2.75, 3.05) is 6.61 Å². The zero-order chi connectivity index (χ0) is 36.1. The predicted octanol–water partition coefficient (Wildman–Crippen LogP) is 4.11. The van der Waals surface area contributed by atoms with Crippen molar-refractivity contribution in [1.82, 2.24) is 0 Å². The molecule has 6 rings (SSSR count). The van der Waals surface area contributed by atoms with Crippen LogP contribution in [0.1, 0.15) is 132 Å². The van der Waals surface area contributed by atoms with E-state index in [0.29, 0.717) is 51.2 Å². The lowest BCUT2D eigenvalue weighted by molar-refractivity contribution is -0.270. The second-order valence-electron chi connectivity index (χ2n) is 20.0. The molecule has 9 N–H and O–H groups in total. The van der Waals surface area contributed by atoms with E-state index in [2.05, 4.69) is 48.5 Å². The molecule has 17 atom stereocenters. The maximum atomic E-state index is 10.9. The van der Waals surface area contributed by atoms with E-state index in [1.54, 1.807) is 0 Å². The number of hydrogen-bond acceptors (Lipinski definition) is 9. The van der Waals surface area contributed by atoms with Crippen molar-refractivity contribution in [2.24, 2.45) is 68.3 Å². The Balaban J connectivity index is 1.06. The molecule has 0 heterocycles. The van der Waals surface area contributed by atoms with Crippen LogP contribution < -0.4 is 5.73 Å². The third-order valence-electron chi connectivity index (χ3n) is 17.6. The van der Waals surface area contributed by atoms with Crippen LogP contribution in [0.25, 0.3) is 0 Å². The van der Waals surface area contributed by atoms with Gasteiger partial charge in [0.05, 0.1) is 18.8 Å². The summed E-state index contributed by atoms with van der Waals surface area (Å²) in [6.07, 6.45) is 6.50. The molecule has 0 aromatic heterocycles. The molecule has 0 radical (unpaired) electrons. The molecule has 9 nitrogen and oxygen atoms in total. The van der Waals surface area contributed by atoms with Gasteiger partial charge in [-0.25, -0.2) is 0 Å². The number of hydrogen-bond donors (Lipinski definition) is 8. The van der Waals surface area contributed by atoms with E-state index in [-0.39, 0.29) is 0 Å². The lowest BCUT2D eigenvalue weighted by Crippen LogP contribution is -2.65. The van der Waals surface area contributed by atoms with Crippen molar-refractivity contribution in [3.63, 3.8) is 0 Å². The number of rotatable bonds is 9. The minimum Gasteiger partial charge on any atom is -0.390 e. The number of nitrogens with two attached hydrogens (primary N) is 1. The molecule has 0 bridgehead atoms. The van der Waals surface area contributed by atoms with Gasteiger partial charge in [-0.15, -0.1) is 0 Å². The van der Waals surface area contributed by atoms with Crippen molar-refractivity contribution in [1.29, 1.82) is 0 Å². The highest BCUT2D eigenvalue weighted by Gasteiger charge is 2.70. The average molecular weight is 694 g/mol. The predicted molar refractivity (Wildman–Crippen MR) is 188 cm³/mol. The second-order valence-corrected chi connectivity index (χ2v) is 20.0. The fourth-order valence-electron chi connectivity index (χ4n) is 14.7. The lowest BCUT2D eigenvalue weighted by Gasteiger charge is -2.73. The van der Waals surface area contributed by atoms with E-state index in [0.717, 1.165) is 24.2 Å². The Morgan fingerprint density at radius 2 is 1.33 bits per heavy atom. The lowest BCUT2D eigenvalue weighted by atomic mass is 9.32. The Morgan fingerprint density at radius 3 is 1.94 bits per heavy atom. The van der Waals surface area contributed by atoms with Crippen molar-refractivity contribution in [2.45, 2.75) is 180 Å². The van der Waals surface area contributed by atoms with Gasteiger partial charge in [0, 0.05) is 0 Å². The van der Waals surface area contributed by atoms with Crippen LogP contribution in [-0.2, 0) is 4.74 Å². The first-order valence-corrected chi connectivity index (χ1v) is 19.9. The summed E-state index contributed by atoms with van der Waals surface area (Å²) in [5, 5.41) is 72.2. The number of aliphatic hydroxyl groups excluding tert-OH is 5. The van der Waals surface area contributed by atoms with E-state index in [4.69, 9.17) is 10.5 Å². The van der Waals surface area contributed by atoms with Crippen molar-refractivity contribution >= 4 is 0 Å². The molecule has 0 saturated heterocycles. The van der Waals surface area contributed by atoms with Gasteiger partial charge in [-0.3, -0.25) is 0 Å². The van der Waals surface area contributed by atoms with Gasteiger partial charge in [0.2, 0.25) is 5.79 Å². The standard InChI is InChI=1S/C40H71NO8/c1-22(9-10-25(42)31(44)26(43)21-49-34-30(41)32(45)33(46)40(34,47)48)23-13-18-36(4)24(23)14-19-38(6)28(36)11-12-29-37(5)17-8-16-35(2,3)27(37)15-20-39(29,38)7/h22-34,42-48H,8-21,41H2,1-7H3/t22-,23-,24+,25?,26?,27+,28-,29-,30?,31?,32?,33?,34?,36+,37+,38-,39-/m1/s1. The zero-order valence-electron chi connectivity index (χ0n) is 31.5. The van der Waals surface area contributed by atoms with Crippen LogP contribution in [0, 0.1) is 62.6 Å². The molecule has 0 aromatic rings. The minimum absolute atomic E-state index is 0.325. The van der Waals surface area contributed by atoms with Gasteiger partial charge in [-0.1, -0.05) is 54.9 Å². The molecule has 7 unspecified atom stereocenters. The summed E-state index contributed by atoms with van der Waals surface area (Å²) in [6, 6.07) is -1.30. The molecule has 0 aromatic carbocycles. The van der Waals surface area contributed by atoms with Gasteiger partial charge in [0.15, 0.2) is 0 Å². The number of aliphatic hydroxyl groups is 7. The highest BCUT2D eigenvalue weighted by atomic mass is 16.6. The van der Waals surface area contributed by atoms with E-state index in [9.17, 15) is 35.7 Å². The summed E-state index contributed by atoms with van der Waals surface area (Å²) in [5.41, 5.74) is 7.75. The van der Waals surface area contributed by atoms with Gasteiger partial charge < -0.3 is 46.2 Å². The summed E-state index contributed by atoms with van der Waals surface area (Å²) < 4.78 is 5.35. The summed E-state index contributed by atoms with van der Waals surface area (Å²) in [5.74, 6) is 1.21. The summed E-state index contributed by atoms with van der Waals surface area (Å²) in [7, 11) is 0. The Kier molecular flexibility index (Phi) is 10.1. The molecular formula is C40H71NO8. The topological polar surface area (TPSA) is 177 Å². The Bertz CT molecular complexity index is 1200. The van der Waals surface area contributed by atoms with Crippen molar-refractivity contribution in [3.05, 3.63) is 0 Å². The van der Waals surface area contributed by atoms with Gasteiger partial charge in [-0.05, 0) is 140 Å². The number of ether oxygens (including phenoxy) is 1. The van der Waals surface area contributed by atoms with Crippen molar-refractivity contribution < 1.29 is 40.5 Å². The van der Waals surface area contributed by atoms with Gasteiger partial charge >= 0.3 is 0 Å². The van der Waals surface area contributed by atoms with E-state index < -0.39 is 55.1 Å². The van der Waals surface area contributed by atoms with Gasteiger partial charge in [-0.2, -0.15) is 0 Å². The molecule has 6 aliphatic rings. The molecular weight excluding hydrogens is 622 g/mol. The molecule has 49 heavy (non-hydrogen) atoms. The van der Waals surface area contributed by atoms with Crippen LogP contribution in [0.4, 0.5) is 0 Å². The fourth-order valence-corrected chi connectivity index (χ4v) is 14.7. The fraction of sp³-hybridized carbons (Fsp3) is 1.00. The first-order valence-electron chi connectivity index (χ1n) is 19.9. The zero-order valence-corrected chi connectivity index (χ0v) is 31.5. The highest BCUT2D eigenvalue weighted by Crippen LogP contribution is 2.78. The van der Waals surface area contributed by atoms with Crippen LogP contribution in [0.3, 0.4) is 0 Å².